The molecule has 2 rings (SSSR count). The number of non-ortho nitro benzene ring substituents is 1. The SMILES string of the molecule is O=[N+]([O-])c1cc(F)cc(N2CCOC(CO)C2)c1. The van der Waals surface area contributed by atoms with Crippen LogP contribution in [0, 0.1) is 15.9 Å². The minimum absolute atomic E-state index is 0.131. The normalized spacial score (nSPS) is 19.9. The van der Waals surface area contributed by atoms with E-state index in [1.165, 1.54) is 12.1 Å². The van der Waals surface area contributed by atoms with Crippen LogP contribution in [0.2, 0.25) is 0 Å². The molecular weight excluding hydrogens is 243 g/mol. The van der Waals surface area contributed by atoms with Crippen LogP contribution in [-0.4, -0.2) is 42.4 Å². The molecule has 1 aliphatic heterocycles. The highest BCUT2D eigenvalue weighted by Crippen LogP contribution is 2.24. The quantitative estimate of drug-likeness (QED) is 0.643. The van der Waals surface area contributed by atoms with Gasteiger partial charge >= 0.3 is 0 Å². The first-order chi connectivity index (χ1) is 8.60. The molecule has 1 atom stereocenters. The zero-order valence-electron chi connectivity index (χ0n) is 9.58. The zero-order valence-corrected chi connectivity index (χ0v) is 9.58. The topological polar surface area (TPSA) is 75.8 Å². The molecule has 0 bridgehead atoms. The van der Waals surface area contributed by atoms with Crippen LogP contribution in [0.4, 0.5) is 15.8 Å². The summed E-state index contributed by atoms with van der Waals surface area (Å²) in [6, 6.07) is 3.45. The highest BCUT2D eigenvalue weighted by atomic mass is 19.1. The maximum Gasteiger partial charge on any atom is 0.274 e. The molecule has 1 heterocycles. The van der Waals surface area contributed by atoms with Crippen LogP contribution in [-0.2, 0) is 4.74 Å². The third-order valence-corrected chi connectivity index (χ3v) is 2.79. The Kier molecular flexibility index (Phi) is 3.73. The summed E-state index contributed by atoms with van der Waals surface area (Å²) >= 11 is 0. The summed E-state index contributed by atoms with van der Waals surface area (Å²) in [5.74, 6) is -0.647. The molecule has 1 aromatic rings. The Morgan fingerprint density at radius 2 is 2.33 bits per heavy atom. The molecule has 6 nitrogen and oxygen atoms in total. The van der Waals surface area contributed by atoms with Gasteiger partial charge in [-0.25, -0.2) is 4.39 Å². The lowest BCUT2D eigenvalue weighted by Crippen LogP contribution is -2.44. The molecule has 0 spiro atoms. The molecule has 1 aliphatic rings. The van der Waals surface area contributed by atoms with E-state index in [0.29, 0.717) is 25.4 Å². The predicted octanol–water partition coefficient (Wildman–Crippen LogP) is 0.931. The van der Waals surface area contributed by atoms with Crippen molar-refractivity contribution in [3.05, 3.63) is 34.1 Å². The number of morpholine rings is 1. The van der Waals surface area contributed by atoms with Crippen molar-refractivity contribution in [2.45, 2.75) is 6.10 Å². The van der Waals surface area contributed by atoms with Gasteiger partial charge in [0.2, 0.25) is 0 Å². The lowest BCUT2D eigenvalue weighted by Gasteiger charge is -2.33. The maximum atomic E-state index is 13.3. The predicted molar refractivity (Wildman–Crippen MR) is 62.1 cm³/mol. The average molecular weight is 256 g/mol. The van der Waals surface area contributed by atoms with E-state index in [2.05, 4.69) is 0 Å². The minimum atomic E-state index is -0.647. The van der Waals surface area contributed by atoms with Crippen molar-refractivity contribution < 1.29 is 19.2 Å². The fourth-order valence-electron chi connectivity index (χ4n) is 1.91. The average Bonchev–Trinajstić information content (AvgIpc) is 2.38. The fraction of sp³-hybridized carbons (Fsp3) is 0.455. The number of halogens is 1. The van der Waals surface area contributed by atoms with Crippen molar-refractivity contribution in [2.24, 2.45) is 0 Å². The Bertz CT molecular complexity index is 455. The van der Waals surface area contributed by atoms with Gasteiger partial charge in [0.05, 0.1) is 30.3 Å². The van der Waals surface area contributed by atoms with E-state index in [4.69, 9.17) is 9.84 Å². The van der Waals surface area contributed by atoms with Crippen LogP contribution in [0.1, 0.15) is 0 Å². The highest BCUT2D eigenvalue weighted by Gasteiger charge is 2.22. The van der Waals surface area contributed by atoms with Crippen LogP contribution in [0.25, 0.3) is 0 Å². The first-order valence-electron chi connectivity index (χ1n) is 5.52. The first-order valence-corrected chi connectivity index (χ1v) is 5.52. The summed E-state index contributed by atoms with van der Waals surface area (Å²) in [5, 5.41) is 19.7. The fourth-order valence-corrected chi connectivity index (χ4v) is 1.91. The Morgan fingerprint density at radius 3 is 3.00 bits per heavy atom. The summed E-state index contributed by atoms with van der Waals surface area (Å²) in [5.41, 5.74) is 0.153. The maximum absolute atomic E-state index is 13.3. The second-order valence-corrected chi connectivity index (χ2v) is 4.05. The number of anilines is 1. The number of nitro groups is 1. The van der Waals surface area contributed by atoms with Crippen molar-refractivity contribution in [3.8, 4) is 0 Å². The smallest absolute Gasteiger partial charge is 0.274 e. The first kappa shape index (κ1) is 12.7. The molecule has 7 heteroatoms. The highest BCUT2D eigenvalue weighted by molar-refractivity contribution is 5.54. The monoisotopic (exact) mass is 256 g/mol. The molecule has 1 unspecified atom stereocenters. The molecular formula is C11H13FN2O4. The number of aliphatic hydroxyl groups is 1. The van der Waals surface area contributed by atoms with Gasteiger partial charge in [0.25, 0.3) is 5.69 Å². The van der Waals surface area contributed by atoms with E-state index in [0.717, 1.165) is 6.07 Å². The molecule has 0 amide bonds. The van der Waals surface area contributed by atoms with Gasteiger partial charge in [0.1, 0.15) is 5.82 Å². The third-order valence-electron chi connectivity index (χ3n) is 2.79. The van der Waals surface area contributed by atoms with Crippen molar-refractivity contribution in [2.75, 3.05) is 31.2 Å². The lowest BCUT2D eigenvalue weighted by molar-refractivity contribution is -0.385. The van der Waals surface area contributed by atoms with Gasteiger partial charge in [-0.1, -0.05) is 0 Å². The van der Waals surface area contributed by atoms with Crippen molar-refractivity contribution in [1.29, 1.82) is 0 Å². The van der Waals surface area contributed by atoms with Gasteiger partial charge in [-0.3, -0.25) is 10.1 Å². The van der Waals surface area contributed by atoms with Gasteiger partial charge in [0.15, 0.2) is 0 Å². The number of ether oxygens (including phenoxy) is 1. The Labute approximate surface area is 103 Å². The Balaban J connectivity index is 2.24. The van der Waals surface area contributed by atoms with Gasteiger partial charge in [-0.2, -0.15) is 0 Å². The van der Waals surface area contributed by atoms with E-state index < -0.39 is 10.7 Å². The summed E-state index contributed by atoms with van der Waals surface area (Å²) < 4.78 is 18.6. The van der Waals surface area contributed by atoms with Gasteiger partial charge in [0, 0.05) is 24.8 Å². The lowest BCUT2D eigenvalue weighted by atomic mass is 10.2. The summed E-state index contributed by atoms with van der Waals surface area (Å²) in [6.07, 6.45) is -0.346. The number of hydrogen-bond donors (Lipinski definition) is 1. The van der Waals surface area contributed by atoms with E-state index in [9.17, 15) is 14.5 Å². The van der Waals surface area contributed by atoms with Crippen LogP contribution in [0.3, 0.4) is 0 Å². The van der Waals surface area contributed by atoms with E-state index >= 15 is 0 Å². The van der Waals surface area contributed by atoms with Crippen molar-refractivity contribution in [1.82, 2.24) is 0 Å². The minimum Gasteiger partial charge on any atom is -0.394 e. The number of aliphatic hydroxyl groups excluding tert-OH is 1. The number of benzene rings is 1. The number of rotatable bonds is 3. The molecule has 0 radical (unpaired) electrons. The van der Waals surface area contributed by atoms with Crippen molar-refractivity contribution in [3.63, 3.8) is 0 Å². The van der Waals surface area contributed by atoms with E-state index in [1.54, 1.807) is 4.90 Å². The standard InChI is InChI=1S/C11H13FN2O4/c12-8-3-9(5-10(4-8)14(16)17)13-1-2-18-11(6-13)7-15/h3-5,11,15H,1-2,6-7H2. The molecule has 98 valence electrons. The Hall–Kier alpha value is -1.73. The van der Waals surface area contributed by atoms with E-state index in [1.807, 2.05) is 0 Å². The van der Waals surface area contributed by atoms with Gasteiger partial charge in [-0.15, -0.1) is 0 Å². The Morgan fingerprint density at radius 1 is 1.56 bits per heavy atom. The molecule has 18 heavy (non-hydrogen) atoms. The summed E-state index contributed by atoms with van der Waals surface area (Å²) in [4.78, 5) is 11.8. The number of nitro benzene ring substituents is 1. The summed E-state index contributed by atoms with van der Waals surface area (Å²) in [6.45, 7) is 1.16. The molecule has 1 fully saturated rings. The van der Waals surface area contributed by atoms with Gasteiger partial charge < -0.3 is 14.7 Å². The molecule has 1 N–H and O–H groups in total. The molecule has 0 aliphatic carbocycles. The van der Waals surface area contributed by atoms with Crippen LogP contribution in [0.15, 0.2) is 18.2 Å². The van der Waals surface area contributed by atoms with Crippen LogP contribution < -0.4 is 4.90 Å². The third kappa shape index (κ3) is 2.74. The van der Waals surface area contributed by atoms with E-state index in [-0.39, 0.29) is 18.4 Å². The second kappa shape index (κ2) is 5.28. The number of nitrogens with zero attached hydrogens (tertiary/aromatic N) is 2. The molecule has 1 aromatic carbocycles. The molecule has 1 saturated heterocycles. The molecule has 0 saturated carbocycles. The zero-order chi connectivity index (χ0) is 13.1. The largest absolute Gasteiger partial charge is 0.394 e. The van der Waals surface area contributed by atoms with Gasteiger partial charge in [-0.05, 0) is 6.07 Å². The molecule has 0 aromatic heterocycles. The summed E-state index contributed by atoms with van der Waals surface area (Å²) in [7, 11) is 0. The number of hydrogen-bond acceptors (Lipinski definition) is 5. The van der Waals surface area contributed by atoms with Crippen LogP contribution in [0.5, 0.6) is 0 Å². The second-order valence-electron chi connectivity index (χ2n) is 4.05. The van der Waals surface area contributed by atoms with Crippen molar-refractivity contribution >= 4 is 11.4 Å². The van der Waals surface area contributed by atoms with Crippen LogP contribution >= 0.6 is 0 Å².